The lowest BCUT2D eigenvalue weighted by atomic mass is 9.44. The summed E-state index contributed by atoms with van der Waals surface area (Å²) in [7, 11) is 0. The summed E-state index contributed by atoms with van der Waals surface area (Å²) in [6, 6.07) is 7.90. The van der Waals surface area contributed by atoms with E-state index in [1.807, 2.05) is 42.7 Å². The zero-order valence-corrected chi connectivity index (χ0v) is 17.3. The number of hydrogen-bond acceptors (Lipinski definition) is 7. The summed E-state index contributed by atoms with van der Waals surface area (Å²) in [4.78, 5) is 20.6. The molecule has 4 aromatic rings. The van der Waals surface area contributed by atoms with E-state index in [0.717, 1.165) is 47.6 Å². The lowest BCUT2D eigenvalue weighted by Gasteiger charge is -2.18. The maximum atomic E-state index is 9.51. The van der Waals surface area contributed by atoms with Crippen LogP contribution < -0.4 is 4.90 Å². The quantitative estimate of drug-likeness (QED) is 0.481. The minimum atomic E-state index is 0.0475. The number of aryl methyl sites for hydroxylation is 1. The van der Waals surface area contributed by atoms with Crippen molar-refractivity contribution in [3.8, 4) is 23.4 Å². The minimum Gasteiger partial charge on any atom is -0.357 e. The average molecular weight is 406 g/mol. The minimum absolute atomic E-state index is 0.0475. The molecule has 150 valence electrons. The first-order valence-corrected chi connectivity index (χ1v) is 10.2. The monoisotopic (exact) mass is 406 g/mol. The topological polar surface area (TPSA) is 107 Å². The predicted octanol–water partition coefficient (Wildman–Crippen LogP) is 3.29. The van der Waals surface area contributed by atoms with Crippen LogP contribution in [-0.2, 0) is 0 Å². The molecule has 8 nitrogen and oxygen atoms in total. The van der Waals surface area contributed by atoms with E-state index >= 15 is 0 Å². The molecular formula is C22H19BN8. The van der Waals surface area contributed by atoms with Gasteiger partial charge in [0.05, 0.1) is 23.0 Å². The lowest BCUT2D eigenvalue weighted by molar-refractivity contribution is 0.921. The van der Waals surface area contributed by atoms with Gasteiger partial charge in [0.2, 0.25) is 0 Å². The molecule has 0 aromatic carbocycles. The summed E-state index contributed by atoms with van der Waals surface area (Å²) in [6.07, 6.45) is 6.49. The van der Waals surface area contributed by atoms with Crippen LogP contribution in [-0.4, -0.2) is 44.1 Å². The summed E-state index contributed by atoms with van der Waals surface area (Å²) in [5, 5.41) is 18.7. The first-order valence-electron chi connectivity index (χ1n) is 10.2. The molecule has 5 heterocycles. The maximum absolute atomic E-state index is 9.51. The molecule has 1 atom stereocenters. The normalized spacial score (nSPS) is 15.9. The van der Waals surface area contributed by atoms with Crippen LogP contribution in [0.4, 0.5) is 5.82 Å². The van der Waals surface area contributed by atoms with Gasteiger partial charge < -0.3 is 9.30 Å². The highest BCUT2D eigenvalue weighted by atomic mass is 15.2. The molecule has 5 rings (SSSR count). The Morgan fingerprint density at radius 3 is 2.81 bits per heavy atom. The molecular weight excluding hydrogens is 387 g/mol. The molecule has 0 amide bonds. The van der Waals surface area contributed by atoms with Crippen LogP contribution in [0.3, 0.4) is 0 Å². The van der Waals surface area contributed by atoms with Crippen molar-refractivity contribution >= 4 is 29.2 Å². The zero-order chi connectivity index (χ0) is 21.5. The molecule has 4 aromatic heterocycles. The van der Waals surface area contributed by atoms with Gasteiger partial charge in [0.25, 0.3) is 6.71 Å². The fraction of sp³-hybridized carbons (Fsp3) is 0.273. The molecule has 0 aliphatic carbocycles. The van der Waals surface area contributed by atoms with Crippen molar-refractivity contribution in [2.45, 2.75) is 26.0 Å². The Morgan fingerprint density at radius 2 is 2.00 bits per heavy atom. The predicted molar refractivity (Wildman–Crippen MR) is 119 cm³/mol. The Balaban J connectivity index is 1.48. The fourth-order valence-corrected chi connectivity index (χ4v) is 4.16. The molecule has 1 saturated heterocycles. The van der Waals surface area contributed by atoms with Gasteiger partial charge in [-0.15, -0.1) is 0 Å². The van der Waals surface area contributed by atoms with Gasteiger partial charge in [-0.2, -0.15) is 5.26 Å². The number of aromatic nitrogens is 5. The molecule has 0 N–H and O–H groups in total. The van der Waals surface area contributed by atoms with Crippen LogP contribution in [0.5, 0.6) is 0 Å². The number of nitrogens with zero attached hydrogens (tertiary/aromatic N) is 8. The summed E-state index contributed by atoms with van der Waals surface area (Å²) < 4.78 is 1.84. The van der Waals surface area contributed by atoms with Crippen molar-refractivity contribution in [1.29, 1.82) is 10.5 Å². The van der Waals surface area contributed by atoms with E-state index in [2.05, 4.69) is 31.9 Å². The first-order chi connectivity index (χ1) is 15.1. The third-order valence-corrected chi connectivity index (χ3v) is 5.93. The van der Waals surface area contributed by atoms with Crippen LogP contribution in [0, 0.1) is 29.5 Å². The van der Waals surface area contributed by atoms with Gasteiger partial charge in [-0.25, -0.2) is 25.2 Å². The summed E-state index contributed by atoms with van der Waals surface area (Å²) in [6.45, 7) is 5.67. The van der Waals surface area contributed by atoms with Gasteiger partial charge in [-0.3, -0.25) is 0 Å². The van der Waals surface area contributed by atoms with Gasteiger partial charge in [0.1, 0.15) is 17.4 Å². The molecule has 1 unspecified atom stereocenters. The van der Waals surface area contributed by atoms with Gasteiger partial charge in [0.15, 0.2) is 11.5 Å². The maximum Gasteiger partial charge on any atom is 0.269 e. The molecule has 0 bridgehead atoms. The second kappa shape index (κ2) is 7.37. The SMILES string of the molecule is CB(C#N)C1CCN(c2ccc3nc(-c4cc(C#N)c5nc(C)cn5c4)ncc3n2)C1. The van der Waals surface area contributed by atoms with E-state index in [9.17, 15) is 10.5 Å². The fourth-order valence-electron chi connectivity index (χ4n) is 4.16. The largest absolute Gasteiger partial charge is 0.357 e. The highest BCUT2D eigenvalue weighted by Gasteiger charge is 2.30. The van der Waals surface area contributed by atoms with Crippen molar-refractivity contribution in [1.82, 2.24) is 24.3 Å². The second-order valence-electron chi connectivity index (χ2n) is 8.05. The van der Waals surface area contributed by atoms with Gasteiger partial charge in [-0.1, -0.05) is 6.82 Å². The third kappa shape index (κ3) is 3.34. The lowest BCUT2D eigenvalue weighted by Crippen LogP contribution is -2.23. The smallest absolute Gasteiger partial charge is 0.269 e. The molecule has 9 heteroatoms. The van der Waals surface area contributed by atoms with E-state index in [0.29, 0.717) is 22.9 Å². The van der Waals surface area contributed by atoms with Crippen LogP contribution >= 0.6 is 0 Å². The molecule has 1 aliphatic heterocycles. The van der Waals surface area contributed by atoms with Gasteiger partial charge >= 0.3 is 0 Å². The van der Waals surface area contributed by atoms with E-state index in [1.54, 1.807) is 12.3 Å². The highest BCUT2D eigenvalue weighted by Crippen LogP contribution is 2.29. The Kier molecular flexibility index (Phi) is 4.52. The molecule has 0 spiro atoms. The van der Waals surface area contributed by atoms with Crippen LogP contribution in [0.25, 0.3) is 28.1 Å². The van der Waals surface area contributed by atoms with Crippen molar-refractivity contribution < 1.29 is 0 Å². The molecule has 1 fully saturated rings. The zero-order valence-electron chi connectivity index (χ0n) is 17.3. The van der Waals surface area contributed by atoms with E-state index in [1.165, 1.54) is 0 Å². The van der Waals surface area contributed by atoms with E-state index < -0.39 is 0 Å². The Labute approximate surface area is 179 Å². The van der Waals surface area contributed by atoms with Crippen molar-refractivity contribution in [2.75, 3.05) is 18.0 Å². The number of imidazole rings is 1. The number of nitriles is 2. The summed E-state index contributed by atoms with van der Waals surface area (Å²) in [5.74, 6) is 4.16. The number of hydrogen-bond donors (Lipinski definition) is 0. The Bertz CT molecular complexity index is 1400. The first kappa shape index (κ1) is 19.0. The third-order valence-electron chi connectivity index (χ3n) is 5.93. The Morgan fingerprint density at radius 1 is 1.13 bits per heavy atom. The second-order valence-corrected chi connectivity index (χ2v) is 8.05. The molecule has 31 heavy (non-hydrogen) atoms. The standard InChI is InChI=1S/C22H19BN8/c1-14-10-31-11-16(7-15(8-24)22(31)27-14)21-26-9-19-18(29-21)3-4-20(28-19)30-6-5-17(12-30)23(2)13-25/h3-4,7,9-11,17H,5-6,12H2,1-2H3. The average Bonchev–Trinajstić information content (AvgIpc) is 3.43. The highest BCUT2D eigenvalue weighted by molar-refractivity contribution is 6.67. The number of pyridine rings is 2. The summed E-state index contributed by atoms with van der Waals surface area (Å²) >= 11 is 0. The van der Waals surface area contributed by atoms with Gasteiger partial charge in [-0.05, 0) is 37.4 Å². The van der Waals surface area contributed by atoms with Crippen LogP contribution in [0.2, 0.25) is 12.6 Å². The van der Waals surface area contributed by atoms with Crippen molar-refractivity contribution in [3.63, 3.8) is 0 Å². The number of anilines is 1. The van der Waals surface area contributed by atoms with Crippen LogP contribution in [0.15, 0.2) is 36.8 Å². The van der Waals surface area contributed by atoms with Crippen molar-refractivity contribution in [3.05, 3.63) is 48.0 Å². The van der Waals surface area contributed by atoms with Crippen LogP contribution in [0.1, 0.15) is 17.7 Å². The molecule has 0 radical (unpaired) electrons. The van der Waals surface area contributed by atoms with E-state index in [4.69, 9.17) is 4.98 Å². The summed E-state index contributed by atoms with van der Waals surface area (Å²) in [5.41, 5.74) is 4.18. The molecule has 0 saturated carbocycles. The Hall–Kier alpha value is -3.98. The van der Waals surface area contributed by atoms with Crippen molar-refractivity contribution in [2.24, 2.45) is 0 Å². The number of fused-ring (bicyclic) bond motifs is 2. The number of rotatable bonds is 3. The van der Waals surface area contributed by atoms with Gasteiger partial charge in [0, 0.05) is 37.0 Å². The molecule has 1 aliphatic rings. The van der Waals surface area contributed by atoms with E-state index in [-0.39, 0.29) is 6.71 Å².